The summed E-state index contributed by atoms with van der Waals surface area (Å²) in [4.78, 5) is 23.0. The Labute approximate surface area is 131 Å². The molecule has 0 fully saturated rings. The first-order chi connectivity index (χ1) is 10.1. The second-order valence-corrected chi connectivity index (χ2v) is 5.91. The first kappa shape index (κ1) is 17.6. The first-order valence-electron chi connectivity index (χ1n) is 7.28. The minimum atomic E-state index is -0.222. The Kier molecular flexibility index (Phi) is 8.59. The van der Waals surface area contributed by atoms with Gasteiger partial charge in [-0.05, 0) is 43.9 Å². The van der Waals surface area contributed by atoms with Crippen LogP contribution in [-0.4, -0.2) is 30.4 Å². The topological polar surface area (TPSA) is 58.2 Å². The zero-order valence-electron chi connectivity index (χ0n) is 12.8. The van der Waals surface area contributed by atoms with Gasteiger partial charge in [0.1, 0.15) is 0 Å². The van der Waals surface area contributed by atoms with E-state index in [1.165, 1.54) is 25.5 Å². The fourth-order valence-corrected chi connectivity index (χ4v) is 2.41. The van der Waals surface area contributed by atoms with Crippen molar-refractivity contribution in [3.05, 3.63) is 29.8 Å². The predicted molar refractivity (Wildman–Crippen MR) is 90.3 cm³/mol. The van der Waals surface area contributed by atoms with Crippen LogP contribution in [0, 0.1) is 0 Å². The van der Waals surface area contributed by atoms with E-state index in [2.05, 4.69) is 16.9 Å². The van der Waals surface area contributed by atoms with Gasteiger partial charge in [-0.2, -0.15) is 11.8 Å². The van der Waals surface area contributed by atoms with E-state index in [9.17, 15) is 9.59 Å². The Bertz CT molecular complexity index is 463. The van der Waals surface area contributed by atoms with Crippen molar-refractivity contribution in [1.29, 1.82) is 0 Å². The second kappa shape index (κ2) is 10.3. The highest BCUT2D eigenvalue weighted by Gasteiger charge is 2.03. The predicted octanol–water partition coefficient (Wildman–Crippen LogP) is 3.93. The van der Waals surface area contributed by atoms with E-state index in [1.807, 2.05) is 11.8 Å². The van der Waals surface area contributed by atoms with Crippen molar-refractivity contribution in [2.45, 2.75) is 32.6 Å². The highest BCUT2D eigenvalue weighted by atomic mass is 32.2. The van der Waals surface area contributed by atoms with Gasteiger partial charge >= 0.3 is 6.03 Å². The summed E-state index contributed by atoms with van der Waals surface area (Å²) in [6, 6.07) is 6.73. The van der Waals surface area contributed by atoms with Crippen molar-refractivity contribution in [1.82, 2.24) is 5.32 Å². The van der Waals surface area contributed by atoms with Crippen LogP contribution in [0.25, 0.3) is 0 Å². The Balaban J connectivity index is 2.21. The first-order valence-corrected chi connectivity index (χ1v) is 8.67. The smallest absolute Gasteiger partial charge is 0.319 e. The monoisotopic (exact) mass is 308 g/mol. The minimum Gasteiger partial charge on any atom is -0.338 e. The SMILES string of the molecule is CSCCCCCCNC(=O)Nc1cccc(C(C)=O)c1. The molecule has 0 saturated carbocycles. The summed E-state index contributed by atoms with van der Waals surface area (Å²) in [6.45, 7) is 2.19. The van der Waals surface area contributed by atoms with Gasteiger partial charge in [0.2, 0.25) is 0 Å². The largest absolute Gasteiger partial charge is 0.338 e. The van der Waals surface area contributed by atoms with Crippen LogP contribution in [0.4, 0.5) is 10.5 Å². The summed E-state index contributed by atoms with van der Waals surface area (Å²) < 4.78 is 0. The van der Waals surface area contributed by atoms with Crippen molar-refractivity contribution in [2.75, 3.05) is 23.9 Å². The molecule has 0 heterocycles. The minimum absolute atomic E-state index is 0.00991. The number of unbranched alkanes of at least 4 members (excludes halogenated alkanes) is 3. The van der Waals surface area contributed by atoms with E-state index < -0.39 is 0 Å². The van der Waals surface area contributed by atoms with Gasteiger partial charge in [-0.25, -0.2) is 4.79 Å². The fourth-order valence-electron chi connectivity index (χ4n) is 1.92. The molecule has 5 heteroatoms. The molecule has 2 N–H and O–H groups in total. The molecule has 0 aromatic heterocycles. The lowest BCUT2D eigenvalue weighted by atomic mass is 10.1. The van der Waals surface area contributed by atoms with Gasteiger partial charge in [0, 0.05) is 17.8 Å². The maximum absolute atomic E-state index is 11.7. The summed E-state index contributed by atoms with van der Waals surface area (Å²) in [6.07, 6.45) is 6.71. The average molecular weight is 308 g/mol. The van der Waals surface area contributed by atoms with Crippen LogP contribution in [0.2, 0.25) is 0 Å². The van der Waals surface area contributed by atoms with Crippen molar-refractivity contribution in [2.24, 2.45) is 0 Å². The molecule has 0 bridgehead atoms. The molecule has 2 amide bonds. The van der Waals surface area contributed by atoms with Crippen LogP contribution in [0.15, 0.2) is 24.3 Å². The Morgan fingerprint density at radius 3 is 2.62 bits per heavy atom. The highest BCUT2D eigenvalue weighted by Crippen LogP contribution is 2.11. The average Bonchev–Trinajstić information content (AvgIpc) is 2.46. The van der Waals surface area contributed by atoms with Crippen LogP contribution in [0.3, 0.4) is 0 Å². The van der Waals surface area contributed by atoms with Crippen molar-refractivity contribution >= 4 is 29.3 Å². The molecule has 116 valence electrons. The molecule has 4 nitrogen and oxygen atoms in total. The molecule has 1 aromatic rings. The van der Waals surface area contributed by atoms with E-state index in [1.54, 1.807) is 24.3 Å². The molecule has 0 atom stereocenters. The Morgan fingerprint density at radius 2 is 1.90 bits per heavy atom. The van der Waals surface area contributed by atoms with Crippen molar-refractivity contribution in [3.63, 3.8) is 0 Å². The number of nitrogens with one attached hydrogen (secondary N) is 2. The number of benzene rings is 1. The highest BCUT2D eigenvalue weighted by molar-refractivity contribution is 7.98. The van der Waals surface area contributed by atoms with Gasteiger partial charge in [0.15, 0.2) is 5.78 Å². The van der Waals surface area contributed by atoms with Gasteiger partial charge in [-0.15, -0.1) is 0 Å². The molecule has 0 spiro atoms. The molecule has 0 aliphatic carbocycles. The quantitative estimate of drug-likeness (QED) is 0.537. The van der Waals surface area contributed by atoms with Crippen molar-refractivity contribution < 1.29 is 9.59 Å². The number of anilines is 1. The molecule has 21 heavy (non-hydrogen) atoms. The summed E-state index contributed by atoms with van der Waals surface area (Å²) in [5.41, 5.74) is 1.24. The number of carbonyl (C=O) groups excluding carboxylic acids is 2. The molecular formula is C16H24N2O2S. The molecule has 0 aliphatic heterocycles. The molecular weight excluding hydrogens is 284 g/mol. The van der Waals surface area contributed by atoms with Crippen LogP contribution in [0.1, 0.15) is 43.0 Å². The second-order valence-electron chi connectivity index (χ2n) is 4.92. The van der Waals surface area contributed by atoms with Crippen LogP contribution < -0.4 is 10.6 Å². The summed E-state index contributed by atoms with van der Waals surface area (Å²) in [7, 11) is 0. The lowest BCUT2D eigenvalue weighted by Crippen LogP contribution is -2.29. The summed E-state index contributed by atoms with van der Waals surface area (Å²) >= 11 is 1.87. The van der Waals surface area contributed by atoms with Gasteiger partial charge < -0.3 is 10.6 Å². The van der Waals surface area contributed by atoms with Gasteiger partial charge in [0.05, 0.1) is 0 Å². The number of ketones is 1. The standard InChI is InChI=1S/C16H24N2O2S/c1-13(19)14-8-7-9-15(12-14)18-16(20)17-10-5-3-4-6-11-21-2/h7-9,12H,3-6,10-11H2,1-2H3,(H2,17,18,20). The number of thioether (sulfide) groups is 1. The number of urea groups is 1. The normalized spacial score (nSPS) is 10.2. The Morgan fingerprint density at radius 1 is 1.14 bits per heavy atom. The van der Waals surface area contributed by atoms with E-state index in [0.29, 0.717) is 17.8 Å². The zero-order valence-corrected chi connectivity index (χ0v) is 13.6. The van der Waals surface area contributed by atoms with Crippen molar-refractivity contribution in [3.8, 4) is 0 Å². The van der Waals surface area contributed by atoms with E-state index in [0.717, 1.165) is 12.8 Å². The summed E-state index contributed by atoms with van der Waals surface area (Å²) in [5.74, 6) is 1.20. The lowest BCUT2D eigenvalue weighted by molar-refractivity contribution is 0.101. The van der Waals surface area contributed by atoms with E-state index in [4.69, 9.17) is 0 Å². The number of amides is 2. The number of Topliss-reactive ketones (excluding diaryl/α,β-unsaturated/α-hetero) is 1. The van der Waals surface area contributed by atoms with Crippen LogP contribution in [0.5, 0.6) is 0 Å². The molecule has 0 aliphatic rings. The molecule has 0 saturated heterocycles. The van der Waals surface area contributed by atoms with E-state index >= 15 is 0 Å². The number of hydrogen-bond donors (Lipinski definition) is 2. The van der Waals surface area contributed by atoms with Gasteiger partial charge in [-0.1, -0.05) is 25.0 Å². The third kappa shape index (κ3) is 7.75. The summed E-state index contributed by atoms with van der Waals surface area (Å²) in [5, 5.41) is 5.57. The number of hydrogen-bond acceptors (Lipinski definition) is 3. The molecule has 0 radical (unpaired) electrons. The number of carbonyl (C=O) groups is 2. The third-order valence-electron chi connectivity index (χ3n) is 3.09. The molecule has 0 unspecified atom stereocenters. The van der Waals surface area contributed by atoms with Gasteiger partial charge in [0.25, 0.3) is 0 Å². The van der Waals surface area contributed by atoms with E-state index in [-0.39, 0.29) is 11.8 Å². The third-order valence-corrected chi connectivity index (χ3v) is 3.78. The fraction of sp³-hybridized carbons (Fsp3) is 0.500. The Hall–Kier alpha value is -1.49. The van der Waals surface area contributed by atoms with Gasteiger partial charge in [-0.3, -0.25) is 4.79 Å². The van der Waals surface area contributed by atoms with Crippen LogP contribution in [-0.2, 0) is 0 Å². The maximum Gasteiger partial charge on any atom is 0.319 e. The lowest BCUT2D eigenvalue weighted by Gasteiger charge is -2.08. The van der Waals surface area contributed by atoms with Crippen LogP contribution >= 0.6 is 11.8 Å². The molecule has 1 rings (SSSR count). The zero-order chi connectivity index (χ0) is 15.5. The molecule has 1 aromatic carbocycles. The maximum atomic E-state index is 11.7. The number of rotatable bonds is 9.